The molecule has 0 aliphatic heterocycles. The Bertz CT molecular complexity index is 1070. The number of hydrogen-bond donors (Lipinski definition) is 4. The van der Waals surface area contributed by atoms with Gasteiger partial charge in [0.15, 0.2) is 5.69 Å². The number of hydrogen-bond acceptors (Lipinski definition) is 5. The predicted molar refractivity (Wildman–Crippen MR) is 108 cm³/mol. The van der Waals surface area contributed by atoms with Gasteiger partial charge in [-0.1, -0.05) is 19.3 Å². The van der Waals surface area contributed by atoms with Crippen LogP contribution in [0.25, 0.3) is 22.3 Å². The Hall–Kier alpha value is -3.06. The van der Waals surface area contributed by atoms with Crippen molar-refractivity contribution in [3.63, 3.8) is 0 Å². The van der Waals surface area contributed by atoms with E-state index in [-0.39, 0.29) is 36.3 Å². The number of aliphatic hydroxyl groups excluding tert-OH is 1. The first kappa shape index (κ1) is 19.3. The highest BCUT2D eigenvalue weighted by Gasteiger charge is 2.28. The van der Waals surface area contributed by atoms with Gasteiger partial charge in [0.25, 0.3) is 0 Å². The van der Waals surface area contributed by atoms with Gasteiger partial charge in [-0.2, -0.15) is 0 Å². The maximum absolute atomic E-state index is 11.5. The molecule has 29 heavy (non-hydrogen) atoms. The van der Waals surface area contributed by atoms with Crippen LogP contribution >= 0.6 is 0 Å². The topological polar surface area (TPSA) is 116 Å². The van der Waals surface area contributed by atoms with Gasteiger partial charge in [0, 0.05) is 23.6 Å². The normalized spacial score (nSPS) is 15.1. The van der Waals surface area contributed by atoms with Crippen LogP contribution in [0.15, 0.2) is 30.3 Å². The van der Waals surface area contributed by atoms with Crippen LogP contribution in [0, 0.1) is 0 Å². The molecule has 152 valence electrons. The molecule has 2 aromatic heterocycles. The Balaban J connectivity index is 2.06. The average molecular weight is 396 g/mol. The summed E-state index contributed by atoms with van der Waals surface area (Å²) in [6.45, 7) is 0.0631. The van der Waals surface area contributed by atoms with Crippen LogP contribution in [0.3, 0.4) is 0 Å². The molecule has 0 amide bonds. The van der Waals surface area contributed by atoms with Crippen molar-refractivity contribution in [2.24, 2.45) is 0 Å². The lowest BCUT2D eigenvalue weighted by Crippen LogP contribution is -2.09. The molecule has 1 fully saturated rings. The molecule has 7 nitrogen and oxygen atoms in total. The number of carbonyl (C=O) groups is 1. The number of fused-ring (bicyclic) bond motifs is 1. The standard InChI is InChI=1S/C22H24N2O5/c25-11-10-24-20(15-7-6-14(26)12-18(15)27)19(13-4-2-1-3-5-13)16-8-9-17(22(28)29)23-21(16)24/h6-9,12-13,25-27H,1-5,10-11H2,(H,28,29). The molecule has 1 saturated carbocycles. The third-order valence-corrected chi connectivity index (χ3v) is 5.74. The summed E-state index contributed by atoms with van der Waals surface area (Å²) in [6, 6.07) is 7.73. The molecule has 0 atom stereocenters. The Morgan fingerprint density at radius 2 is 1.86 bits per heavy atom. The zero-order valence-electron chi connectivity index (χ0n) is 16.0. The van der Waals surface area contributed by atoms with E-state index < -0.39 is 5.97 Å². The van der Waals surface area contributed by atoms with Crippen LogP contribution in [0.2, 0.25) is 0 Å². The van der Waals surface area contributed by atoms with E-state index in [1.165, 1.54) is 24.6 Å². The minimum Gasteiger partial charge on any atom is -0.508 e. The molecule has 1 aromatic carbocycles. The van der Waals surface area contributed by atoms with Crippen molar-refractivity contribution >= 4 is 17.0 Å². The first-order chi connectivity index (χ1) is 14.0. The average Bonchev–Trinajstić information content (AvgIpc) is 3.02. The Kier molecular flexibility index (Phi) is 5.15. The summed E-state index contributed by atoms with van der Waals surface area (Å²) in [6.07, 6.45) is 5.42. The summed E-state index contributed by atoms with van der Waals surface area (Å²) in [4.78, 5) is 15.8. The summed E-state index contributed by atoms with van der Waals surface area (Å²) in [5, 5.41) is 40.2. The van der Waals surface area contributed by atoms with Gasteiger partial charge in [-0.25, -0.2) is 9.78 Å². The highest BCUT2D eigenvalue weighted by Crippen LogP contribution is 2.46. The molecular weight excluding hydrogens is 372 g/mol. The van der Waals surface area contributed by atoms with Gasteiger partial charge >= 0.3 is 5.97 Å². The fourth-order valence-electron chi connectivity index (χ4n) is 4.50. The number of rotatable bonds is 5. The second-order valence-electron chi connectivity index (χ2n) is 7.55. The summed E-state index contributed by atoms with van der Waals surface area (Å²) >= 11 is 0. The van der Waals surface area contributed by atoms with Crippen molar-refractivity contribution in [1.82, 2.24) is 9.55 Å². The van der Waals surface area contributed by atoms with Crippen molar-refractivity contribution in [1.29, 1.82) is 0 Å². The van der Waals surface area contributed by atoms with Crippen LogP contribution < -0.4 is 0 Å². The maximum Gasteiger partial charge on any atom is 0.354 e. The number of carboxylic acid groups (broad SMARTS) is 1. The van der Waals surface area contributed by atoms with E-state index in [4.69, 9.17) is 0 Å². The monoisotopic (exact) mass is 396 g/mol. The van der Waals surface area contributed by atoms with E-state index in [1.807, 2.05) is 0 Å². The highest BCUT2D eigenvalue weighted by atomic mass is 16.4. The summed E-state index contributed by atoms with van der Waals surface area (Å²) in [5.41, 5.74) is 2.71. The third-order valence-electron chi connectivity index (χ3n) is 5.74. The number of aromatic nitrogens is 2. The number of phenolic OH excluding ortho intramolecular Hbond substituents is 2. The number of aromatic carboxylic acids is 1. The zero-order chi connectivity index (χ0) is 20.5. The lowest BCUT2D eigenvalue weighted by molar-refractivity contribution is 0.0691. The second-order valence-corrected chi connectivity index (χ2v) is 7.55. The molecule has 0 spiro atoms. The maximum atomic E-state index is 11.5. The molecule has 7 heteroatoms. The van der Waals surface area contributed by atoms with Gasteiger partial charge in [-0.15, -0.1) is 0 Å². The smallest absolute Gasteiger partial charge is 0.354 e. The molecule has 3 aromatic rings. The largest absolute Gasteiger partial charge is 0.508 e. The minimum atomic E-state index is -1.11. The van der Waals surface area contributed by atoms with Crippen LogP contribution in [0.5, 0.6) is 11.5 Å². The fourth-order valence-corrected chi connectivity index (χ4v) is 4.50. The van der Waals surface area contributed by atoms with Gasteiger partial charge in [0.2, 0.25) is 0 Å². The number of benzene rings is 1. The molecule has 2 heterocycles. The van der Waals surface area contributed by atoms with Crippen molar-refractivity contribution < 1.29 is 25.2 Å². The second kappa shape index (κ2) is 7.75. The lowest BCUT2D eigenvalue weighted by Gasteiger charge is -2.24. The molecule has 1 aliphatic rings. The van der Waals surface area contributed by atoms with Crippen molar-refractivity contribution in [2.45, 2.75) is 44.6 Å². The van der Waals surface area contributed by atoms with Crippen LogP contribution in [-0.4, -0.2) is 42.6 Å². The number of aromatic hydroxyl groups is 2. The summed E-state index contributed by atoms with van der Waals surface area (Å²) in [7, 11) is 0. The number of carboxylic acids is 1. The molecule has 0 unspecified atom stereocenters. The molecule has 0 bridgehead atoms. The van der Waals surface area contributed by atoms with Gasteiger partial charge < -0.3 is 25.0 Å². The highest BCUT2D eigenvalue weighted by molar-refractivity contribution is 5.95. The van der Waals surface area contributed by atoms with Crippen LogP contribution in [-0.2, 0) is 6.54 Å². The predicted octanol–water partition coefficient (Wildman–Crippen LogP) is 3.85. The van der Waals surface area contributed by atoms with Gasteiger partial charge in [-0.3, -0.25) is 0 Å². The van der Waals surface area contributed by atoms with E-state index in [2.05, 4.69) is 4.98 Å². The van der Waals surface area contributed by atoms with Gasteiger partial charge in [0.1, 0.15) is 17.1 Å². The minimum absolute atomic E-state index is 0.0402. The van der Waals surface area contributed by atoms with E-state index in [1.54, 1.807) is 16.7 Å². The number of pyridine rings is 1. The SMILES string of the molecule is O=C(O)c1ccc2c(C3CCCCC3)c(-c3ccc(O)cc3O)n(CCO)c2n1. The zero-order valence-corrected chi connectivity index (χ0v) is 16.0. The third kappa shape index (κ3) is 3.42. The molecule has 0 radical (unpaired) electrons. The van der Waals surface area contributed by atoms with E-state index >= 15 is 0 Å². The van der Waals surface area contributed by atoms with E-state index in [0.717, 1.165) is 42.3 Å². The van der Waals surface area contributed by atoms with Crippen LogP contribution in [0.1, 0.15) is 54.1 Å². The van der Waals surface area contributed by atoms with E-state index in [0.29, 0.717) is 11.2 Å². The van der Waals surface area contributed by atoms with Crippen molar-refractivity contribution in [3.05, 3.63) is 41.6 Å². The first-order valence-electron chi connectivity index (χ1n) is 9.91. The quantitative estimate of drug-likeness (QED) is 0.521. The van der Waals surface area contributed by atoms with Crippen molar-refractivity contribution in [2.75, 3.05) is 6.61 Å². The lowest BCUT2D eigenvalue weighted by atomic mass is 9.82. The summed E-state index contributed by atoms with van der Waals surface area (Å²) < 4.78 is 1.79. The molecule has 1 aliphatic carbocycles. The van der Waals surface area contributed by atoms with Crippen LogP contribution in [0.4, 0.5) is 0 Å². The number of nitrogens with zero attached hydrogens (tertiary/aromatic N) is 2. The molecule has 4 N–H and O–H groups in total. The number of phenols is 2. The molecular formula is C22H24N2O5. The van der Waals surface area contributed by atoms with Gasteiger partial charge in [0.05, 0.1) is 12.3 Å². The summed E-state index contributed by atoms with van der Waals surface area (Å²) in [5.74, 6) is -0.965. The fraction of sp³-hybridized carbons (Fsp3) is 0.364. The van der Waals surface area contributed by atoms with Crippen molar-refractivity contribution in [3.8, 4) is 22.8 Å². The first-order valence-corrected chi connectivity index (χ1v) is 9.91. The van der Waals surface area contributed by atoms with E-state index in [9.17, 15) is 25.2 Å². The number of aliphatic hydroxyl groups is 1. The Morgan fingerprint density at radius 1 is 1.10 bits per heavy atom. The molecule has 4 rings (SSSR count). The Labute approximate surface area is 167 Å². The van der Waals surface area contributed by atoms with Gasteiger partial charge in [-0.05, 0) is 48.6 Å². The Morgan fingerprint density at radius 3 is 2.52 bits per heavy atom. The molecule has 0 saturated heterocycles.